The van der Waals surface area contributed by atoms with Crippen LogP contribution in [0.4, 0.5) is 0 Å². The summed E-state index contributed by atoms with van der Waals surface area (Å²) in [6.45, 7) is 4.48. The summed E-state index contributed by atoms with van der Waals surface area (Å²) in [6, 6.07) is 92.0. The molecule has 0 amide bonds. The number of benzene rings is 8. The Morgan fingerprint density at radius 1 is 0.338 bits per heavy atom. The van der Waals surface area contributed by atoms with Gasteiger partial charge < -0.3 is 24.9 Å². The third kappa shape index (κ3) is 10.9. The Hall–Kier alpha value is -8.37. The van der Waals surface area contributed by atoms with Crippen LogP contribution in [0.2, 0.25) is 0 Å². The normalized spacial score (nSPS) is 11.0. The van der Waals surface area contributed by atoms with Crippen molar-refractivity contribution in [2.45, 2.75) is 19.3 Å². The van der Waals surface area contributed by atoms with Crippen LogP contribution in [0.15, 0.2) is 243 Å². The Labute approximate surface area is 478 Å². The molecule has 0 aliphatic heterocycles. The van der Waals surface area contributed by atoms with Crippen molar-refractivity contribution in [1.29, 1.82) is 0 Å². The molecule has 0 unspecified atom stereocenters. The summed E-state index contributed by atoms with van der Waals surface area (Å²) in [5.41, 5.74) is 20.3. The molecule has 4 heterocycles. The summed E-state index contributed by atoms with van der Waals surface area (Å²) in [7, 11) is 0. The first kappa shape index (κ1) is 52.1. The van der Waals surface area contributed by atoms with Crippen LogP contribution >= 0.6 is 0 Å². The van der Waals surface area contributed by atoms with Gasteiger partial charge in [0.25, 0.3) is 0 Å². The number of hydrogen-bond donors (Lipinski definition) is 0. The van der Waals surface area contributed by atoms with Crippen LogP contribution in [0.25, 0.3) is 112 Å². The molecule has 5 nitrogen and oxygen atoms in total. The van der Waals surface area contributed by atoms with Gasteiger partial charge in [0, 0.05) is 31.0 Å². The van der Waals surface area contributed by atoms with Crippen molar-refractivity contribution in [1.82, 2.24) is 24.9 Å². The van der Waals surface area contributed by atoms with E-state index >= 15 is 0 Å². The largest absolute Gasteiger partial charge is 3.00 e. The van der Waals surface area contributed by atoms with Gasteiger partial charge in [-0.1, -0.05) is 151 Å². The first-order chi connectivity index (χ1) is 36.9. The summed E-state index contributed by atoms with van der Waals surface area (Å²) >= 11 is 0. The Bertz CT molecular complexity index is 3800. The van der Waals surface area contributed by atoms with E-state index in [2.05, 4.69) is 221 Å². The number of rotatable bonds is 12. The molecule has 0 atom stereocenters. The molecule has 7 heteroatoms. The molecule has 8 aromatic carbocycles. The predicted octanol–water partition coefficient (Wildman–Crippen LogP) is 16.7. The molecule has 0 saturated carbocycles. The Balaban J connectivity index is 0.00000336. The summed E-state index contributed by atoms with van der Waals surface area (Å²) in [4.78, 5) is 23.1. The fourth-order valence-corrected chi connectivity index (χ4v) is 9.92. The quantitative estimate of drug-likeness (QED) is 0.114. The fraction of sp³-hybridized carbons (Fsp3) is 0.0429. The maximum absolute atomic E-state index is 4.67. The molecule has 0 radical (unpaired) electrons. The van der Waals surface area contributed by atoms with E-state index in [1.165, 1.54) is 0 Å². The third-order valence-electron chi connectivity index (χ3n) is 13.8. The van der Waals surface area contributed by atoms with Crippen molar-refractivity contribution >= 4 is 0 Å². The van der Waals surface area contributed by atoms with E-state index in [0.717, 1.165) is 112 Å². The van der Waals surface area contributed by atoms with Gasteiger partial charge in [0.1, 0.15) is 0 Å². The smallest absolute Gasteiger partial charge is 0.333 e. The molecule has 4 aromatic heterocycles. The molecule has 0 aliphatic rings. The maximum Gasteiger partial charge on any atom is 3.00 e. The van der Waals surface area contributed by atoms with Crippen LogP contribution in [0.5, 0.6) is 0 Å². The van der Waals surface area contributed by atoms with Crippen molar-refractivity contribution in [2.75, 3.05) is 0 Å². The summed E-state index contributed by atoms with van der Waals surface area (Å²) in [5.74, 6) is 0.559. The van der Waals surface area contributed by atoms with Gasteiger partial charge in [0.2, 0.25) is 0 Å². The SMILES string of the molecule is CC(C)(c1[c-]c(-c2ccccn2)ccc1)c1[c-]c(-c2ncccn2)[c-]cc1-c1ccccc1-c1cc(-c2ccccc2-c2c[c-]c(-c3ccccn3)cc2)cc(-c2ccccc2-c2c[c-]c(-c3ccccn3)cc2)c1.[Ir+3].[Pt+2]. The van der Waals surface area contributed by atoms with Crippen LogP contribution in [0.3, 0.4) is 0 Å². The van der Waals surface area contributed by atoms with Crippen LogP contribution in [0, 0.1) is 30.3 Å². The van der Waals surface area contributed by atoms with E-state index in [4.69, 9.17) is 0 Å². The van der Waals surface area contributed by atoms with Crippen molar-refractivity contribution in [3.8, 4) is 112 Å². The molecular formula is C70H46IrN5Pt. The van der Waals surface area contributed by atoms with Gasteiger partial charge in [-0.15, -0.1) is 95.1 Å². The third-order valence-corrected chi connectivity index (χ3v) is 13.8. The second-order valence-electron chi connectivity index (χ2n) is 18.8. The zero-order chi connectivity index (χ0) is 50.6. The van der Waals surface area contributed by atoms with E-state index in [0.29, 0.717) is 11.4 Å². The van der Waals surface area contributed by atoms with Gasteiger partial charge in [-0.3, -0.25) is 12.1 Å². The molecule has 0 spiro atoms. The maximum atomic E-state index is 4.67. The van der Waals surface area contributed by atoms with Gasteiger partial charge in [-0.2, -0.15) is 5.56 Å². The zero-order valence-electron chi connectivity index (χ0n) is 42.0. The Kier molecular flexibility index (Phi) is 15.7. The minimum atomic E-state index is -0.608. The number of nitrogens with zero attached hydrogens (tertiary/aromatic N) is 5. The van der Waals surface area contributed by atoms with E-state index in [1.807, 2.05) is 79.3 Å². The van der Waals surface area contributed by atoms with Crippen molar-refractivity contribution in [3.63, 3.8) is 0 Å². The Morgan fingerprint density at radius 2 is 0.766 bits per heavy atom. The molecule has 0 saturated heterocycles. The number of pyridine rings is 3. The number of hydrogen-bond acceptors (Lipinski definition) is 5. The summed E-state index contributed by atoms with van der Waals surface area (Å²) < 4.78 is 0. The van der Waals surface area contributed by atoms with Gasteiger partial charge in [0.15, 0.2) is 0 Å². The Morgan fingerprint density at radius 3 is 1.22 bits per heavy atom. The molecule has 12 aromatic rings. The van der Waals surface area contributed by atoms with Crippen molar-refractivity contribution in [3.05, 3.63) is 285 Å². The van der Waals surface area contributed by atoms with Crippen LogP contribution in [-0.2, 0) is 46.6 Å². The van der Waals surface area contributed by atoms with E-state index in [9.17, 15) is 0 Å². The molecule has 12 rings (SSSR count). The molecule has 0 bridgehead atoms. The zero-order valence-corrected chi connectivity index (χ0v) is 46.6. The van der Waals surface area contributed by atoms with Gasteiger partial charge in [-0.25, -0.2) is 17.2 Å². The minimum Gasteiger partial charge on any atom is -0.333 e. The predicted molar refractivity (Wildman–Crippen MR) is 303 cm³/mol. The first-order valence-electron chi connectivity index (χ1n) is 25.0. The monoisotopic (exact) mass is 1340 g/mol. The van der Waals surface area contributed by atoms with Crippen LogP contribution < -0.4 is 0 Å². The molecule has 77 heavy (non-hydrogen) atoms. The molecule has 370 valence electrons. The average Bonchev–Trinajstić information content (AvgIpc) is 3.50. The van der Waals surface area contributed by atoms with E-state index in [-0.39, 0.29) is 41.2 Å². The fourth-order valence-electron chi connectivity index (χ4n) is 9.92. The van der Waals surface area contributed by atoms with Gasteiger partial charge in [-0.05, 0) is 104 Å². The average molecular weight is 1340 g/mol. The molecule has 0 fully saturated rings. The summed E-state index contributed by atoms with van der Waals surface area (Å²) in [6.07, 6.45) is 8.97. The van der Waals surface area contributed by atoms with Crippen LogP contribution in [0.1, 0.15) is 25.0 Å². The molecule has 0 N–H and O–H groups in total. The van der Waals surface area contributed by atoms with E-state index < -0.39 is 5.41 Å². The molecule has 0 aliphatic carbocycles. The second kappa shape index (κ2) is 23.3. The number of aromatic nitrogens is 5. The standard InChI is InChI=1S/C70H46N5.Ir.Pt/c1-70(2,57-18-15-17-52(46-57)68-27-11-14-40-73-68)65-47-53(69-74-41-16-42-75-69)36-37-64(65)63-24-8-7-23-62(63)56-44-54(60-21-5-3-19-58(60)48-28-32-50(33-29-48)66-25-9-12-38-71-66)43-55(45-56)61-22-6-4-20-59(61)49-30-34-51(35-31-49)67-26-10-13-39-72-67;;/h3-32,34,37-45H,1-2H3;;/q-5;+3;+2. The van der Waals surface area contributed by atoms with Gasteiger partial charge in [0.05, 0.1) is 0 Å². The first-order valence-corrected chi connectivity index (χ1v) is 25.0. The van der Waals surface area contributed by atoms with Gasteiger partial charge >= 0.3 is 41.2 Å². The topological polar surface area (TPSA) is 64.5 Å². The summed E-state index contributed by atoms with van der Waals surface area (Å²) in [5, 5.41) is 0. The second-order valence-corrected chi connectivity index (χ2v) is 18.8. The minimum absolute atomic E-state index is 0. The van der Waals surface area contributed by atoms with E-state index in [1.54, 1.807) is 12.4 Å². The van der Waals surface area contributed by atoms with Crippen molar-refractivity contribution < 1.29 is 41.2 Å². The molecular weight excluding hydrogens is 1300 g/mol. The van der Waals surface area contributed by atoms with Crippen LogP contribution in [-0.4, -0.2) is 24.9 Å². The van der Waals surface area contributed by atoms with Crippen molar-refractivity contribution in [2.24, 2.45) is 0 Å².